The molecule has 0 amide bonds. The number of benzene rings is 2. The van der Waals surface area contributed by atoms with Gasteiger partial charge in [0.2, 0.25) is 0 Å². The zero-order chi connectivity index (χ0) is 13.0. The molecule has 2 rings (SSSR count). The Morgan fingerprint density at radius 1 is 1.22 bits per heavy atom. The molecule has 0 saturated carbocycles. The normalized spacial score (nSPS) is 10.1. The van der Waals surface area contributed by atoms with Crippen LogP contribution in [0.25, 0.3) is 0 Å². The van der Waals surface area contributed by atoms with Crippen molar-refractivity contribution in [3.05, 3.63) is 63.9 Å². The molecule has 0 spiro atoms. The summed E-state index contributed by atoms with van der Waals surface area (Å²) in [7, 11) is 0. The average molecular weight is 322 g/mol. The molecular weight excluding hydrogens is 313 g/mol. The topological polar surface area (TPSA) is 23.8 Å². The van der Waals surface area contributed by atoms with Gasteiger partial charge in [0.15, 0.2) is 0 Å². The molecule has 0 aliphatic rings. The van der Waals surface area contributed by atoms with Gasteiger partial charge in [0.25, 0.3) is 0 Å². The fourth-order valence-corrected chi connectivity index (χ4v) is 2.96. The first-order valence-electron chi connectivity index (χ1n) is 5.25. The minimum atomic E-state index is -0.362. The smallest absolute Gasteiger partial charge is 0.124 e. The highest BCUT2D eigenvalue weighted by Crippen LogP contribution is 2.26. The van der Waals surface area contributed by atoms with E-state index in [0.717, 1.165) is 14.9 Å². The summed E-state index contributed by atoms with van der Waals surface area (Å²) in [6.45, 7) is 0. The van der Waals surface area contributed by atoms with Gasteiger partial charge in [-0.15, -0.1) is 11.8 Å². The Labute approximate surface area is 118 Å². The Bertz CT molecular complexity index is 607. The van der Waals surface area contributed by atoms with Crippen molar-refractivity contribution in [2.75, 3.05) is 0 Å². The van der Waals surface area contributed by atoms with E-state index >= 15 is 0 Å². The maximum atomic E-state index is 13.2. The molecule has 1 nitrogen and oxygen atoms in total. The molecule has 18 heavy (non-hydrogen) atoms. The molecule has 0 aliphatic carbocycles. The van der Waals surface area contributed by atoms with Gasteiger partial charge in [-0.3, -0.25) is 0 Å². The van der Waals surface area contributed by atoms with Crippen molar-refractivity contribution in [1.82, 2.24) is 0 Å². The fourth-order valence-electron chi connectivity index (χ4n) is 1.52. The molecule has 0 N–H and O–H groups in total. The maximum Gasteiger partial charge on any atom is 0.124 e. The van der Waals surface area contributed by atoms with Crippen LogP contribution in [0.2, 0.25) is 0 Å². The number of thioether (sulfide) groups is 1. The second-order valence-corrected chi connectivity index (χ2v) is 5.67. The second kappa shape index (κ2) is 6.03. The van der Waals surface area contributed by atoms with Crippen LogP contribution in [0, 0.1) is 17.1 Å². The predicted octanol–water partition coefficient (Wildman–Crippen LogP) is 4.75. The summed E-state index contributed by atoms with van der Waals surface area (Å²) in [6.07, 6.45) is 0. The summed E-state index contributed by atoms with van der Waals surface area (Å²) in [5, 5.41) is 8.78. The van der Waals surface area contributed by atoms with Crippen LogP contribution in [0.4, 0.5) is 4.39 Å². The third-order valence-electron chi connectivity index (χ3n) is 2.29. The van der Waals surface area contributed by atoms with Crippen molar-refractivity contribution in [2.24, 2.45) is 0 Å². The molecule has 0 saturated heterocycles. The highest BCUT2D eigenvalue weighted by Gasteiger charge is 2.02. The zero-order valence-corrected chi connectivity index (χ0v) is 11.8. The summed E-state index contributed by atoms with van der Waals surface area (Å²) >= 11 is 5.02. The zero-order valence-electron chi connectivity index (χ0n) is 9.36. The Morgan fingerprint density at radius 2 is 2.06 bits per heavy atom. The molecule has 0 unspecified atom stereocenters. The van der Waals surface area contributed by atoms with Crippen molar-refractivity contribution in [2.45, 2.75) is 10.6 Å². The van der Waals surface area contributed by atoms with Gasteiger partial charge < -0.3 is 0 Å². The number of hydrogen-bond donors (Lipinski definition) is 0. The number of hydrogen-bond acceptors (Lipinski definition) is 2. The van der Waals surface area contributed by atoms with Crippen LogP contribution in [0.1, 0.15) is 11.1 Å². The van der Waals surface area contributed by atoms with Crippen LogP contribution in [-0.4, -0.2) is 0 Å². The molecule has 90 valence electrons. The summed E-state index contributed by atoms with van der Waals surface area (Å²) in [6, 6.07) is 14.3. The number of halogens is 2. The lowest BCUT2D eigenvalue weighted by Crippen LogP contribution is -1.86. The van der Waals surface area contributed by atoms with E-state index in [1.165, 1.54) is 12.1 Å². The lowest BCUT2D eigenvalue weighted by molar-refractivity contribution is 0.626. The van der Waals surface area contributed by atoms with Gasteiger partial charge >= 0.3 is 0 Å². The van der Waals surface area contributed by atoms with Crippen LogP contribution in [0.15, 0.2) is 51.8 Å². The van der Waals surface area contributed by atoms with E-state index in [-0.39, 0.29) is 5.82 Å². The van der Waals surface area contributed by atoms with Crippen LogP contribution in [-0.2, 0) is 5.75 Å². The summed E-state index contributed by atoms with van der Waals surface area (Å²) in [4.78, 5) is 1.10. The fraction of sp³-hybridized carbons (Fsp3) is 0.0714. The van der Waals surface area contributed by atoms with Gasteiger partial charge in [-0.2, -0.15) is 5.26 Å². The van der Waals surface area contributed by atoms with Crippen LogP contribution in [0.5, 0.6) is 0 Å². The molecule has 0 aromatic heterocycles. The molecule has 0 bridgehead atoms. The minimum absolute atomic E-state index is 0.361. The van der Waals surface area contributed by atoms with Gasteiger partial charge in [0, 0.05) is 15.1 Å². The number of rotatable bonds is 3. The molecule has 4 heteroatoms. The van der Waals surface area contributed by atoms with Crippen molar-refractivity contribution in [3.8, 4) is 6.07 Å². The van der Waals surface area contributed by atoms with E-state index in [4.69, 9.17) is 5.26 Å². The Kier molecular flexibility index (Phi) is 4.40. The highest BCUT2D eigenvalue weighted by molar-refractivity contribution is 9.10. The lowest BCUT2D eigenvalue weighted by atomic mass is 10.1. The third-order valence-corrected chi connectivity index (χ3v) is 3.85. The van der Waals surface area contributed by atoms with E-state index in [0.29, 0.717) is 11.3 Å². The standard InChI is InChI=1S/C14H9BrFNS/c15-12-2-1-3-14(7-12)18-9-11-4-10(8-17)5-13(16)6-11/h1-7H,9H2. The molecule has 2 aromatic rings. The van der Waals surface area contributed by atoms with Gasteiger partial charge in [-0.25, -0.2) is 4.39 Å². The maximum absolute atomic E-state index is 13.2. The highest BCUT2D eigenvalue weighted by atomic mass is 79.9. The van der Waals surface area contributed by atoms with Crippen molar-refractivity contribution in [3.63, 3.8) is 0 Å². The van der Waals surface area contributed by atoms with E-state index in [1.54, 1.807) is 17.8 Å². The first-order valence-corrected chi connectivity index (χ1v) is 7.03. The monoisotopic (exact) mass is 321 g/mol. The van der Waals surface area contributed by atoms with E-state index in [2.05, 4.69) is 15.9 Å². The molecule has 0 fully saturated rings. The van der Waals surface area contributed by atoms with Gasteiger partial charge in [0.1, 0.15) is 5.82 Å². The quantitative estimate of drug-likeness (QED) is 0.761. The second-order valence-electron chi connectivity index (χ2n) is 3.71. The average Bonchev–Trinajstić information content (AvgIpc) is 2.36. The largest absolute Gasteiger partial charge is 0.207 e. The third kappa shape index (κ3) is 3.59. The Morgan fingerprint density at radius 3 is 2.78 bits per heavy atom. The van der Waals surface area contributed by atoms with Gasteiger partial charge in [-0.1, -0.05) is 22.0 Å². The molecule has 0 atom stereocenters. The first kappa shape index (κ1) is 13.1. The minimum Gasteiger partial charge on any atom is -0.207 e. The first-order chi connectivity index (χ1) is 8.67. The van der Waals surface area contributed by atoms with E-state index in [1.807, 2.05) is 30.3 Å². The molecule has 0 heterocycles. The van der Waals surface area contributed by atoms with Gasteiger partial charge in [-0.05, 0) is 42.0 Å². The SMILES string of the molecule is N#Cc1cc(F)cc(CSc2cccc(Br)c2)c1. The van der Waals surface area contributed by atoms with Crippen LogP contribution >= 0.6 is 27.7 Å². The van der Waals surface area contributed by atoms with Crippen LogP contribution < -0.4 is 0 Å². The van der Waals surface area contributed by atoms with Crippen molar-refractivity contribution in [1.29, 1.82) is 5.26 Å². The number of nitriles is 1. The molecule has 0 aliphatic heterocycles. The Balaban J connectivity index is 2.11. The van der Waals surface area contributed by atoms with Crippen molar-refractivity contribution < 1.29 is 4.39 Å². The molecule has 0 radical (unpaired) electrons. The van der Waals surface area contributed by atoms with Gasteiger partial charge in [0.05, 0.1) is 11.6 Å². The van der Waals surface area contributed by atoms with Crippen LogP contribution in [0.3, 0.4) is 0 Å². The van der Waals surface area contributed by atoms with E-state index in [9.17, 15) is 4.39 Å². The van der Waals surface area contributed by atoms with Crippen molar-refractivity contribution >= 4 is 27.7 Å². The number of nitrogens with zero attached hydrogens (tertiary/aromatic N) is 1. The Hall–Kier alpha value is -1.31. The molecule has 2 aromatic carbocycles. The predicted molar refractivity (Wildman–Crippen MR) is 74.8 cm³/mol. The summed E-state index contributed by atoms with van der Waals surface area (Å²) in [5.41, 5.74) is 1.18. The summed E-state index contributed by atoms with van der Waals surface area (Å²) < 4.78 is 14.3. The molecular formula is C14H9BrFNS. The lowest BCUT2D eigenvalue weighted by Gasteiger charge is -2.03. The summed E-state index contributed by atoms with van der Waals surface area (Å²) in [5.74, 6) is 0.280. The van der Waals surface area contributed by atoms with E-state index < -0.39 is 0 Å².